The molecule has 0 aliphatic rings. The highest BCUT2D eigenvalue weighted by Crippen LogP contribution is 2.30. The average Bonchev–Trinajstić information content (AvgIpc) is 3.45. The number of benzene rings is 2. The first-order valence-electron chi connectivity index (χ1n) is 9.91. The van der Waals surface area contributed by atoms with Crippen molar-refractivity contribution in [2.45, 2.75) is 13.8 Å². The maximum absolute atomic E-state index is 12.2. The van der Waals surface area contributed by atoms with Gasteiger partial charge in [0.05, 0.1) is 28.6 Å². The Hall–Kier alpha value is -3.29. The molecule has 1 amide bonds. The molecule has 0 fully saturated rings. The fourth-order valence-corrected chi connectivity index (χ4v) is 3.18. The fraction of sp³-hybridized carbons (Fsp3) is 0.174. The monoisotopic (exact) mass is 470 g/mol. The lowest BCUT2D eigenvalue weighted by molar-refractivity contribution is 0.0996. The summed E-state index contributed by atoms with van der Waals surface area (Å²) in [7, 11) is 0. The maximum Gasteiger partial charge on any atom is 0.336 e. The third kappa shape index (κ3) is 4.95. The number of nitrogens with one attached hydrogen (secondary N) is 1. The van der Waals surface area contributed by atoms with E-state index in [0.29, 0.717) is 34.1 Å². The Morgan fingerprint density at radius 3 is 2.56 bits per heavy atom. The van der Waals surface area contributed by atoms with E-state index in [0.717, 1.165) is 11.3 Å². The minimum atomic E-state index is -0.329. The van der Waals surface area contributed by atoms with Crippen LogP contribution in [0.25, 0.3) is 17.1 Å². The van der Waals surface area contributed by atoms with E-state index in [4.69, 9.17) is 32.4 Å². The van der Waals surface area contributed by atoms with E-state index in [9.17, 15) is 4.79 Å². The second-order valence-corrected chi connectivity index (χ2v) is 8.26. The van der Waals surface area contributed by atoms with Crippen LogP contribution >= 0.6 is 23.2 Å². The number of anilines is 1. The van der Waals surface area contributed by atoms with Gasteiger partial charge in [0, 0.05) is 11.3 Å². The van der Waals surface area contributed by atoms with Crippen molar-refractivity contribution in [2.75, 3.05) is 11.9 Å². The number of hydrogen-bond donors (Lipinski definition) is 1. The molecule has 0 aliphatic heterocycles. The summed E-state index contributed by atoms with van der Waals surface area (Å²) < 4.78 is 12.5. The first-order chi connectivity index (χ1) is 15.4. The van der Waals surface area contributed by atoms with E-state index in [1.807, 2.05) is 32.0 Å². The van der Waals surface area contributed by atoms with Crippen LogP contribution in [0.15, 0.2) is 65.3 Å². The normalized spacial score (nSPS) is 11.0. The zero-order chi connectivity index (χ0) is 22.7. The first-order valence-corrected chi connectivity index (χ1v) is 10.7. The number of ether oxygens (including phenoxy) is 1. The third-order valence-electron chi connectivity index (χ3n) is 4.43. The van der Waals surface area contributed by atoms with E-state index in [1.54, 1.807) is 41.1 Å². The SMILES string of the molecule is CC(C)COc1nc(-c2ccc(Cl)c(Cl)c2)n(-c2ccc(NC(=O)c3ccco3)cc2)n1. The van der Waals surface area contributed by atoms with Gasteiger partial charge in [-0.15, -0.1) is 5.10 Å². The van der Waals surface area contributed by atoms with Crippen molar-refractivity contribution in [2.24, 2.45) is 5.92 Å². The lowest BCUT2D eigenvalue weighted by Crippen LogP contribution is -2.10. The summed E-state index contributed by atoms with van der Waals surface area (Å²) in [5.74, 6) is 0.783. The Balaban J connectivity index is 1.65. The van der Waals surface area contributed by atoms with Gasteiger partial charge < -0.3 is 14.5 Å². The first kappa shape index (κ1) is 21.9. The van der Waals surface area contributed by atoms with Crippen LogP contribution in [0.3, 0.4) is 0 Å². The summed E-state index contributed by atoms with van der Waals surface area (Å²) in [4.78, 5) is 16.7. The quantitative estimate of drug-likeness (QED) is 0.351. The predicted octanol–water partition coefficient (Wildman–Crippen LogP) is 6.12. The number of hydrogen-bond acceptors (Lipinski definition) is 5. The molecule has 0 saturated carbocycles. The molecule has 0 unspecified atom stereocenters. The zero-order valence-electron chi connectivity index (χ0n) is 17.4. The molecule has 164 valence electrons. The van der Waals surface area contributed by atoms with Crippen LogP contribution < -0.4 is 10.1 Å². The number of amides is 1. The van der Waals surface area contributed by atoms with Crippen LogP contribution in [-0.4, -0.2) is 27.3 Å². The van der Waals surface area contributed by atoms with Crippen molar-refractivity contribution in [3.63, 3.8) is 0 Å². The molecule has 4 aromatic rings. The molecule has 7 nitrogen and oxygen atoms in total. The zero-order valence-corrected chi connectivity index (χ0v) is 18.9. The van der Waals surface area contributed by atoms with Crippen molar-refractivity contribution in [1.82, 2.24) is 14.8 Å². The number of carbonyl (C=O) groups is 1. The van der Waals surface area contributed by atoms with Crippen LogP contribution in [0.4, 0.5) is 5.69 Å². The smallest absolute Gasteiger partial charge is 0.336 e. The van der Waals surface area contributed by atoms with Crippen molar-refractivity contribution in [3.05, 3.63) is 76.7 Å². The van der Waals surface area contributed by atoms with Crippen molar-refractivity contribution in [1.29, 1.82) is 0 Å². The lowest BCUT2D eigenvalue weighted by atomic mass is 10.2. The fourth-order valence-electron chi connectivity index (χ4n) is 2.88. The molecule has 1 N–H and O–H groups in total. The van der Waals surface area contributed by atoms with Gasteiger partial charge in [-0.2, -0.15) is 4.98 Å². The highest BCUT2D eigenvalue weighted by Gasteiger charge is 2.17. The summed E-state index contributed by atoms with van der Waals surface area (Å²) in [5.41, 5.74) is 2.08. The molecule has 2 heterocycles. The average molecular weight is 471 g/mol. The maximum atomic E-state index is 12.2. The molecule has 0 atom stereocenters. The van der Waals surface area contributed by atoms with E-state index in [1.165, 1.54) is 6.26 Å². The van der Waals surface area contributed by atoms with Crippen molar-refractivity contribution >= 4 is 34.8 Å². The van der Waals surface area contributed by atoms with Crippen LogP contribution in [0.5, 0.6) is 6.01 Å². The van der Waals surface area contributed by atoms with Crippen LogP contribution in [0.2, 0.25) is 10.0 Å². The largest absolute Gasteiger partial charge is 0.462 e. The molecule has 0 spiro atoms. The predicted molar refractivity (Wildman–Crippen MR) is 124 cm³/mol. The summed E-state index contributed by atoms with van der Waals surface area (Å²) in [6.45, 7) is 4.59. The lowest BCUT2D eigenvalue weighted by Gasteiger charge is -2.08. The number of aromatic nitrogens is 3. The number of furan rings is 1. The Morgan fingerprint density at radius 1 is 1.12 bits per heavy atom. The second kappa shape index (κ2) is 9.46. The molecule has 0 bridgehead atoms. The molecule has 0 saturated heterocycles. The van der Waals surface area contributed by atoms with Gasteiger partial charge in [0.15, 0.2) is 11.6 Å². The molecule has 0 aliphatic carbocycles. The Bertz CT molecular complexity index is 1220. The summed E-state index contributed by atoms with van der Waals surface area (Å²) >= 11 is 12.3. The van der Waals surface area contributed by atoms with Gasteiger partial charge in [0.25, 0.3) is 5.91 Å². The molecule has 2 aromatic carbocycles. The van der Waals surface area contributed by atoms with Gasteiger partial charge >= 0.3 is 6.01 Å². The van der Waals surface area contributed by atoms with Gasteiger partial charge in [-0.3, -0.25) is 4.79 Å². The second-order valence-electron chi connectivity index (χ2n) is 7.44. The van der Waals surface area contributed by atoms with Gasteiger partial charge in [-0.05, 0) is 60.5 Å². The standard InChI is InChI=1S/C23H20Cl2N4O3/c1-14(2)13-32-23-27-21(15-5-10-18(24)19(25)12-15)29(28-23)17-8-6-16(7-9-17)26-22(30)20-4-3-11-31-20/h3-12,14H,13H2,1-2H3,(H,26,30). The number of carbonyl (C=O) groups excluding carboxylic acids is 1. The molecule has 2 aromatic heterocycles. The minimum Gasteiger partial charge on any atom is -0.462 e. The van der Waals surface area contributed by atoms with E-state index in [2.05, 4.69) is 15.4 Å². The molecular formula is C23H20Cl2N4O3. The van der Waals surface area contributed by atoms with Gasteiger partial charge in [0.1, 0.15) is 0 Å². The van der Waals surface area contributed by atoms with E-state index < -0.39 is 0 Å². The van der Waals surface area contributed by atoms with Crippen molar-refractivity contribution in [3.8, 4) is 23.1 Å². The Labute approximate surface area is 194 Å². The summed E-state index contributed by atoms with van der Waals surface area (Å²) in [5, 5.41) is 8.17. The van der Waals surface area contributed by atoms with Crippen LogP contribution in [-0.2, 0) is 0 Å². The van der Waals surface area contributed by atoms with Crippen LogP contribution in [0, 0.1) is 5.92 Å². The molecule has 4 rings (SSSR count). The Morgan fingerprint density at radius 2 is 1.91 bits per heavy atom. The van der Waals surface area contributed by atoms with Gasteiger partial charge in [-0.25, -0.2) is 4.68 Å². The molecule has 0 radical (unpaired) electrons. The van der Waals surface area contributed by atoms with Gasteiger partial charge in [0.2, 0.25) is 0 Å². The summed E-state index contributed by atoms with van der Waals surface area (Å²) in [6, 6.07) is 16.0. The number of rotatable bonds is 7. The molecule has 32 heavy (non-hydrogen) atoms. The Kier molecular flexibility index (Phi) is 6.48. The van der Waals surface area contributed by atoms with Crippen LogP contribution in [0.1, 0.15) is 24.4 Å². The highest BCUT2D eigenvalue weighted by atomic mass is 35.5. The van der Waals surface area contributed by atoms with E-state index in [-0.39, 0.29) is 17.7 Å². The summed E-state index contributed by atoms with van der Waals surface area (Å²) in [6.07, 6.45) is 1.45. The number of nitrogens with zero attached hydrogens (tertiary/aromatic N) is 3. The topological polar surface area (TPSA) is 82.2 Å². The molecular weight excluding hydrogens is 451 g/mol. The minimum absolute atomic E-state index is 0.235. The van der Waals surface area contributed by atoms with Gasteiger partial charge in [-0.1, -0.05) is 37.0 Å². The number of halogens is 2. The highest BCUT2D eigenvalue weighted by molar-refractivity contribution is 6.42. The van der Waals surface area contributed by atoms with E-state index >= 15 is 0 Å². The molecule has 9 heteroatoms. The third-order valence-corrected chi connectivity index (χ3v) is 5.17. The van der Waals surface area contributed by atoms with Crippen molar-refractivity contribution < 1.29 is 13.9 Å².